The number of piperazine rings is 1. The second-order valence-corrected chi connectivity index (χ2v) is 7.73. The van der Waals surface area contributed by atoms with E-state index in [0.717, 1.165) is 25.1 Å². The predicted octanol–water partition coefficient (Wildman–Crippen LogP) is 2.59. The molecule has 2 aliphatic rings. The number of rotatable bonds is 7. The summed E-state index contributed by atoms with van der Waals surface area (Å²) in [5.74, 6) is 0.102. The second kappa shape index (κ2) is 9.35. The molecule has 1 aliphatic carbocycles. The van der Waals surface area contributed by atoms with Gasteiger partial charge in [-0.05, 0) is 40.8 Å². The van der Waals surface area contributed by atoms with Gasteiger partial charge in [0.15, 0.2) is 0 Å². The fourth-order valence-corrected chi connectivity index (χ4v) is 4.01. The van der Waals surface area contributed by atoms with Crippen molar-refractivity contribution in [1.29, 1.82) is 0 Å². The summed E-state index contributed by atoms with van der Waals surface area (Å²) in [5.41, 5.74) is 5.58. The van der Waals surface area contributed by atoms with Crippen molar-refractivity contribution in [1.82, 2.24) is 9.80 Å². The van der Waals surface area contributed by atoms with E-state index in [1.165, 1.54) is 22.3 Å². The Balaban J connectivity index is 1.30. The van der Waals surface area contributed by atoms with Gasteiger partial charge in [0, 0.05) is 38.3 Å². The molecule has 5 nitrogen and oxygen atoms in total. The Morgan fingerprint density at radius 1 is 1.00 bits per heavy atom. The molecule has 152 valence electrons. The number of aliphatic hydroxyl groups is 1. The van der Waals surface area contributed by atoms with Crippen LogP contribution in [0.3, 0.4) is 0 Å². The van der Waals surface area contributed by atoms with Crippen LogP contribution >= 0.6 is 0 Å². The van der Waals surface area contributed by atoms with Crippen molar-refractivity contribution in [2.24, 2.45) is 0 Å². The molecule has 29 heavy (non-hydrogen) atoms. The molecule has 0 aromatic heterocycles. The Bertz CT molecular complexity index is 871. The molecule has 1 aliphatic heterocycles. The van der Waals surface area contributed by atoms with Gasteiger partial charge in [0.1, 0.15) is 0 Å². The van der Waals surface area contributed by atoms with Gasteiger partial charge >= 0.3 is 0 Å². The van der Waals surface area contributed by atoms with Crippen LogP contribution in [0.5, 0.6) is 0 Å². The molecule has 2 aromatic carbocycles. The third kappa shape index (κ3) is 4.93. The van der Waals surface area contributed by atoms with Crippen LogP contribution in [0.25, 0.3) is 6.08 Å². The third-order valence-corrected chi connectivity index (χ3v) is 5.64. The molecule has 4 rings (SSSR count). The number of β-amino-alcohol motifs (C(OH)–C–C–N with tert-alkyl or cyclic N) is 1. The summed E-state index contributed by atoms with van der Waals surface area (Å²) in [6, 6.07) is 16.2. The Morgan fingerprint density at radius 3 is 2.55 bits per heavy atom. The summed E-state index contributed by atoms with van der Waals surface area (Å²) in [4.78, 5) is 17.0. The van der Waals surface area contributed by atoms with Crippen molar-refractivity contribution in [2.75, 3.05) is 45.9 Å². The number of nitrogens with zero attached hydrogens (tertiary/aromatic N) is 2. The zero-order chi connectivity index (χ0) is 20.1. The number of carbonyl (C=O) groups is 1. The first-order valence-electron chi connectivity index (χ1n) is 10.3. The molecular weight excluding hydrogens is 364 g/mol. The molecule has 1 amide bonds. The highest BCUT2D eigenvalue weighted by atomic mass is 16.5. The first kappa shape index (κ1) is 19.8. The first-order valence-corrected chi connectivity index (χ1v) is 10.3. The van der Waals surface area contributed by atoms with E-state index in [9.17, 15) is 4.79 Å². The van der Waals surface area contributed by atoms with Gasteiger partial charge in [-0.1, -0.05) is 42.5 Å². The molecule has 1 heterocycles. The maximum Gasteiger partial charge on any atom is 0.253 e. The van der Waals surface area contributed by atoms with Crippen LogP contribution in [0, 0.1) is 0 Å². The summed E-state index contributed by atoms with van der Waals surface area (Å²) < 4.78 is 5.87. The minimum absolute atomic E-state index is 0.102. The van der Waals surface area contributed by atoms with E-state index in [-0.39, 0.29) is 12.5 Å². The molecule has 1 saturated heterocycles. The lowest BCUT2D eigenvalue weighted by Gasteiger charge is -2.34. The summed E-state index contributed by atoms with van der Waals surface area (Å²) in [6.45, 7) is 5.15. The van der Waals surface area contributed by atoms with E-state index in [2.05, 4.69) is 29.2 Å². The quantitative estimate of drug-likeness (QED) is 0.787. The fraction of sp³-hybridized carbons (Fsp3) is 0.375. The molecule has 1 N–H and O–H groups in total. The minimum Gasteiger partial charge on any atom is -0.395 e. The van der Waals surface area contributed by atoms with Gasteiger partial charge in [-0.3, -0.25) is 9.69 Å². The highest BCUT2D eigenvalue weighted by molar-refractivity contribution is 5.95. The van der Waals surface area contributed by atoms with Gasteiger partial charge < -0.3 is 14.7 Å². The minimum atomic E-state index is 0.102. The first-order chi connectivity index (χ1) is 14.2. The molecule has 0 spiro atoms. The van der Waals surface area contributed by atoms with Crippen molar-refractivity contribution >= 4 is 12.0 Å². The van der Waals surface area contributed by atoms with Crippen LogP contribution in [0.2, 0.25) is 0 Å². The Hall–Kier alpha value is -2.47. The summed E-state index contributed by atoms with van der Waals surface area (Å²) >= 11 is 0. The average molecular weight is 392 g/mol. The summed E-state index contributed by atoms with van der Waals surface area (Å²) in [7, 11) is 0. The van der Waals surface area contributed by atoms with E-state index in [0.29, 0.717) is 32.8 Å². The van der Waals surface area contributed by atoms with E-state index >= 15 is 0 Å². The number of carbonyl (C=O) groups excluding carboxylic acids is 1. The van der Waals surface area contributed by atoms with E-state index in [4.69, 9.17) is 9.84 Å². The van der Waals surface area contributed by atoms with Crippen molar-refractivity contribution in [3.63, 3.8) is 0 Å². The van der Waals surface area contributed by atoms with Crippen LogP contribution in [-0.4, -0.2) is 66.8 Å². The van der Waals surface area contributed by atoms with E-state index < -0.39 is 0 Å². The lowest BCUT2D eigenvalue weighted by molar-refractivity contribution is 0.0615. The Kier molecular flexibility index (Phi) is 6.39. The van der Waals surface area contributed by atoms with Crippen molar-refractivity contribution in [3.8, 4) is 0 Å². The number of amides is 1. The molecule has 0 unspecified atom stereocenters. The predicted molar refractivity (Wildman–Crippen MR) is 114 cm³/mol. The number of aliphatic hydroxyl groups excluding tert-OH is 1. The SMILES string of the molecule is O=C(c1ccc2c(c1)CC(COCc1ccccc1)=C2)N1CCN(CCO)CC1. The van der Waals surface area contributed by atoms with Gasteiger partial charge in [0.2, 0.25) is 0 Å². The van der Waals surface area contributed by atoms with Gasteiger partial charge in [0.05, 0.1) is 19.8 Å². The molecule has 1 fully saturated rings. The molecule has 0 bridgehead atoms. The van der Waals surface area contributed by atoms with Gasteiger partial charge in [-0.2, -0.15) is 0 Å². The van der Waals surface area contributed by atoms with E-state index in [1.54, 1.807) is 0 Å². The fourth-order valence-electron chi connectivity index (χ4n) is 4.01. The van der Waals surface area contributed by atoms with Crippen LogP contribution in [-0.2, 0) is 17.8 Å². The standard InChI is InChI=1S/C24H28N2O3/c27-13-12-25-8-10-26(11-9-25)24(28)22-7-6-21-14-20(15-23(21)16-22)18-29-17-19-4-2-1-3-5-19/h1-7,14,16,27H,8-13,15,17-18H2. The molecule has 5 heteroatoms. The van der Waals surface area contributed by atoms with Crippen molar-refractivity contribution in [2.45, 2.75) is 13.0 Å². The lowest BCUT2D eigenvalue weighted by Crippen LogP contribution is -2.49. The van der Waals surface area contributed by atoms with Crippen molar-refractivity contribution in [3.05, 3.63) is 76.4 Å². The van der Waals surface area contributed by atoms with Gasteiger partial charge in [0.25, 0.3) is 5.91 Å². The maximum atomic E-state index is 12.9. The number of hydrogen-bond donors (Lipinski definition) is 1. The second-order valence-electron chi connectivity index (χ2n) is 7.73. The molecule has 2 aromatic rings. The summed E-state index contributed by atoms with van der Waals surface area (Å²) in [6.07, 6.45) is 3.03. The smallest absolute Gasteiger partial charge is 0.253 e. The van der Waals surface area contributed by atoms with Crippen LogP contribution in [0.1, 0.15) is 27.0 Å². The molecule has 0 radical (unpaired) electrons. The third-order valence-electron chi connectivity index (χ3n) is 5.64. The Labute approximate surface area is 172 Å². The van der Waals surface area contributed by atoms with Gasteiger partial charge in [-0.15, -0.1) is 0 Å². The topological polar surface area (TPSA) is 53.0 Å². The van der Waals surface area contributed by atoms with Crippen LogP contribution in [0.15, 0.2) is 54.1 Å². The number of fused-ring (bicyclic) bond motifs is 1. The largest absolute Gasteiger partial charge is 0.395 e. The number of ether oxygens (including phenoxy) is 1. The molecular formula is C24H28N2O3. The normalized spacial score (nSPS) is 16.6. The lowest BCUT2D eigenvalue weighted by atomic mass is 10.0. The monoisotopic (exact) mass is 392 g/mol. The number of benzene rings is 2. The summed E-state index contributed by atoms with van der Waals surface area (Å²) in [5, 5.41) is 9.06. The van der Waals surface area contributed by atoms with Crippen molar-refractivity contribution < 1.29 is 14.6 Å². The maximum absolute atomic E-state index is 12.9. The van der Waals surface area contributed by atoms with Crippen LogP contribution < -0.4 is 0 Å². The average Bonchev–Trinajstić information content (AvgIpc) is 3.17. The zero-order valence-electron chi connectivity index (χ0n) is 16.7. The van der Waals surface area contributed by atoms with Gasteiger partial charge in [-0.25, -0.2) is 0 Å². The zero-order valence-corrected chi connectivity index (χ0v) is 16.7. The van der Waals surface area contributed by atoms with Crippen LogP contribution in [0.4, 0.5) is 0 Å². The van der Waals surface area contributed by atoms with E-state index in [1.807, 2.05) is 35.2 Å². The number of hydrogen-bond acceptors (Lipinski definition) is 4. The highest BCUT2D eigenvalue weighted by Crippen LogP contribution is 2.27. The molecule has 0 atom stereocenters. The Morgan fingerprint density at radius 2 is 1.79 bits per heavy atom. The highest BCUT2D eigenvalue weighted by Gasteiger charge is 2.23. The molecule has 0 saturated carbocycles.